The minimum absolute atomic E-state index is 0.302. The molecular formula is C14H26N4O2S. The predicted octanol–water partition coefficient (Wildman–Crippen LogP) is 0.998. The van der Waals surface area contributed by atoms with Crippen molar-refractivity contribution in [3.63, 3.8) is 0 Å². The largest absolute Gasteiger partial charge is 0.320 e. The van der Waals surface area contributed by atoms with Gasteiger partial charge in [0.1, 0.15) is 0 Å². The van der Waals surface area contributed by atoms with Gasteiger partial charge in [-0.2, -0.15) is 17.0 Å². The smallest absolute Gasteiger partial charge is 0.282 e. The monoisotopic (exact) mass is 314 g/mol. The normalized spacial score (nSPS) is 12.3. The molecule has 0 aliphatic carbocycles. The summed E-state index contributed by atoms with van der Waals surface area (Å²) in [4.78, 5) is 4.37. The van der Waals surface area contributed by atoms with E-state index in [0.29, 0.717) is 19.6 Å². The fraction of sp³-hybridized carbons (Fsp3) is 0.643. The molecule has 0 aliphatic rings. The topological polar surface area (TPSA) is 65.5 Å². The van der Waals surface area contributed by atoms with Gasteiger partial charge in [-0.05, 0) is 39.1 Å². The molecule has 0 radical (unpaired) electrons. The third kappa shape index (κ3) is 5.35. The highest BCUT2D eigenvalue weighted by Crippen LogP contribution is 2.11. The van der Waals surface area contributed by atoms with Gasteiger partial charge in [-0.1, -0.05) is 13.0 Å². The molecule has 0 bridgehead atoms. The van der Waals surface area contributed by atoms with Gasteiger partial charge < -0.3 is 5.32 Å². The van der Waals surface area contributed by atoms with Crippen LogP contribution in [0.1, 0.15) is 24.7 Å². The molecule has 0 aromatic carbocycles. The molecule has 1 heterocycles. The van der Waals surface area contributed by atoms with Gasteiger partial charge in [0.25, 0.3) is 10.2 Å². The Hall–Kier alpha value is -1.02. The Morgan fingerprint density at radius 3 is 2.62 bits per heavy atom. The summed E-state index contributed by atoms with van der Waals surface area (Å²) >= 11 is 0. The molecular weight excluding hydrogens is 288 g/mol. The maximum atomic E-state index is 12.5. The lowest BCUT2D eigenvalue weighted by atomic mass is 10.3. The van der Waals surface area contributed by atoms with Crippen LogP contribution < -0.4 is 5.32 Å². The molecule has 0 saturated carbocycles. The van der Waals surface area contributed by atoms with E-state index in [1.165, 1.54) is 8.61 Å². The highest BCUT2D eigenvalue weighted by atomic mass is 32.2. The van der Waals surface area contributed by atoms with Crippen molar-refractivity contribution < 1.29 is 8.42 Å². The van der Waals surface area contributed by atoms with Crippen LogP contribution in [0.25, 0.3) is 0 Å². The molecule has 1 aromatic heterocycles. The summed E-state index contributed by atoms with van der Waals surface area (Å²) in [6.07, 6.45) is 0.784. The van der Waals surface area contributed by atoms with Crippen LogP contribution in [0.4, 0.5) is 0 Å². The van der Waals surface area contributed by atoms with E-state index in [9.17, 15) is 8.42 Å². The van der Waals surface area contributed by atoms with Crippen molar-refractivity contribution in [2.75, 3.05) is 33.7 Å². The zero-order valence-electron chi connectivity index (χ0n) is 13.3. The molecule has 1 rings (SSSR count). The van der Waals surface area contributed by atoms with Crippen LogP contribution >= 0.6 is 0 Å². The van der Waals surface area contributed by atoms with Gasteiger partial charge in [-0.15, -0.1) is 0 Å². The Labute approximate surface area is 128 Å². The molecule has 0 fully saturated rings. The summed E-state index contributed by atoms with van der Waals surface area (Å²) in [5.74, 6) is 0. The fourth-order valence-corrected chi connectivity index (χ4v) is 3.39. The summed E-state index contributed by atoms with van der Waals surface area (Å²) in [5, 5.41) is 3.02. The number of pyridine rings is 1. The number of nitrogens with one attached hydrogen (secondary N) is 1. The molecule has 1 aromatic rings. The first kappa shape index (κ1) is 18.0. The van der Waals surface area contributed by atoms with Crippen molar-refractivity contribution >= 4 is 10.2 Å². The second-order valence-electron chi connectivity index (χ2n) is 4.98. The first-order chi connectivity index (χ1) is 9.91. The zero-order chi connectivity index (χ0) is 15.9. The van der Waals surface area contributed by atoms with Crippen molar-refractivity contribution in [1.29, 1.82) is 0 Å². The lowest BCUT2D eigenvalue weighted by Crippen LogP contribution is -2.42. The second-order valence-corrected chi connectivity index (χ2v) is 7.02. The van der Waals surface area contributed by atoms with Crippen molar-refractivity contribution in [1.82, 2.24) is 18.9 Å². The third-order valence-electron chi connectivity index (χ3n) is 3.26. The van der Waals surface area contributed by atoms with Gasteiger partial charge >= 0.3 is 0 Å². The number of rotatable bonds is 9. The van der Waals surface area contributed by atoms with Crippen LogP contribution in [0.3, 0.4) is 0 Å². The van der Waals surface area contributed by atoms with Crippen molar-refractivity contribution in [3.05, 3.63) is 29.6 Å². The third-order valence-corrected chi connectivity index (χ3v) is 5.27. The molecule has 21 heavy (non-hydrogen) atoms. The zero-order valence-corrected chi connectivity index (χ0v) is 14.2. The van der Waals surface area contributed by atoms with Gasteiger partial charge in [-0.25, -0.2) is 0 Å². The first-order valence-electron chi connectivity index (χ1n) is 7.20. The molecule has 6 nitrogen and oxygen atoms in total. The van der Waals surface area contributed by atoms with E-state index in [1.54, 1.807) is 7.05 Å². The summed E-state index contributed by atoms with van der Waals surface area (Å²) in [6.45, 7) is 5.77. The Morgan fingerprint density at radius 2 is 2.05 bits per heavy atom. The maximum absolute atomic E-state index is 12.5. The Morgan fingerprint density at radius 1 is 1.33 bits per heavy atom. The highest BCUT2D eigenvalue weighted by Gasteiger charge is 2.25. The van der Waals surface area contributed by atoms with Crippen LogP contribution in [0, 0.1) is 6.92 Å². The van der Waals surface area contributed by atoms with Gasteiger partial charge in [0.15, 0.2) is 0 Å². The molecule has 0 atom stereocenters. The minimum atomic E-state index is -3.44. The molecule has 120 valence electrons. The van der Waals surface area contributed by atoms with E-state index >= 15 is 0 Å². The predicted molar refractivity (Wildman–Crippen MR) is 85.2 cm³/mol. The first-order valence-corrected chi connectivity index (χ1v) is 8.60. The van der Waals surface area contributed by atoms with Crippen molar-refractivity contribution in [3.8, 4) is 0 Å². The molecule has 0 amide bonds. The Balaban J connectivity index is 2.77. The van der Waals surface area contributed by atoms with Crippen molar-refractivity contribution in [2.24, 2.45) is 0 Å². The summed E-state index contributed by atoms with van der Waals surface area (Å²) in [7, 11) is 0.0360. The molecule has 7 heteroatoms. The Kier molecular flexibility index (Phi) is 7.24. The van der Waals surface area contributed by atoms with Crippen molar-refractivity contribution in [2.45, 2.75) is 26.8 Å². The lowest BCUT2D eigenvalue weighted by Gasteiger charge is -2.26. The lowest BCUT2D eigenvalue weighted by molar-refractivity contribution is 0.359. The van der Waals surface area contributed by atoms with Crippen LogP contribution in [0.15, 0.2) is 18.2 Å². The fourth-order valence-electron chi connectivity index (χ4n) is 2.02. The van der Waals surface area contributed by atoms with E-state index in [4.69, 9.17) is 0 Å². The minimum Gasteiger partial charge on any atom is -0.320 e. The number of hydrogen-bond donors (Lipinski definition) is 1. The molecule has 1 N–H and O–H groups in total. The van der Waals surface area contributed by atoms with E-state index < -0.39 is 10.2 Å². The molecule has 0 saturated heterocycles. The average Bonchev–Trinajstić information content (AvgIpc) is 2.44. The second kappa shape index (κ2) is 8.43. The van der Waals surface area contributed by atoms with Gasteiger partial charge in [0, 0.05) is 25.8 Å². The Bertz CT molecular complexity index is 534. The van der Waals surface area contributed by atoms with E-state index in [1.807, 2.05) is 39.1 Å². The standard InChI is InChI=1S/C14H26N4O2S/c1-5-18(12-14-9-6-8-13(2)16-14)21(19,20)17(4)11-7-10-15-3/h6,8-9,15H,5,7,10-12H2,1-4H3. The molecule has 0 aliphatic heterocycles. The number of hydrogen-bond acceptors (Lipinski definition) is 4. The summed E-state index contributed by atoms with van der Waals surface area (Å²) in [6, 6.07) is 5.65. The average molecular weight is 314 g/mol. The number of aromatic nitrogens is 1. The van der Waals surface area contributed by atoms with Crippen LogP contribution in [0.2, 0.25) is 0 Å². The van der Waals surface area contributed by atoms with Crippen LogP contribution in [-0.2, 0) is 16.8 Å². The summed E-state index contributed by atoms with van der Waals surface area (Å²) in [5.41, 5.74) is 1.66. The van der Waals surface area contributed by atoms with Gasteiger partial charge in [0.2, 0.25) is 0 Å². The molecule has 0 unspecified atom stereocenters. The molecule has 0 spiro atoms. The van der Waals surface area contributed by atoms with E-state index in [-0.39, 0.29) is 0 Å². The highest BCUT2D eigenvalue weighted by molar-refractivity contribution is 7.86. The van der Waals surface area contributed by atoms with Crippen LogP contribution in [0.5, 0.6) is 0 Å². The summed E-state index contributed by atoms with van der Waals surface area (Å²) < 4.78 is 28.0. The van der Waals surface area contributed by atoms with Gasteiger partial charge in [0.05, 0.1) is 12.2 Å². The number of aryl methyl sites for hydroxylation is 1. The van der Waals surface area contributed by atoms with E-state index in [0.717, 1.165) is 24.4 Å². The number of nitrogens with zero attached hydrogens (tertiary/aromatic N) is 3. The maximum Gasteiger partial charge on any atom is 0.282 e. The van der Waals surface area contributed by atoms with Crippen LogP contribution in [-0.4, -0.2) is 55.7 Å². The SMILES string of the molecule is CCN(Cc1cccc(C)n1)S(=O)(=O)N(C)CCCNC. The van der Waals surface area contributed by atoms with Gasteiger partial charge in [-0.3, -0.25) is 4.98 Å². The van der Waals surface area contributed by atoms with E-state index in [2.05, 4.69) is 10.3 Å². The quantitative estimate of drug-likeness (QED) is 0.691.